The third kappa shape index (κ3) is 2.35. The van der Waals surface area contributed by atoms with Crippen LogP contribution in [0.2, 0.25) is 0 Å². The molecule has 0 aromatic rings. The Morgan fingerprint density at radius 2 is 2.27 bits per heavy atom. The van der Waals surface area contributed by atoms with Crippen LogP contribution >= 0.6 is 0 Å². The first-order chi connectivity index (χ1) is 7.36. The Hall–Kier alpha value is -0.120. The van der Waals surface area contributed by atoms with Gasteiger partial charge in [-0.25, -0.2) is 0 Å². The number of ether oxygens (including phenoxy) is 1. The number of nitrogens with two attached hydrogens (primary N) is 1. The molecule has 0 aromatic heterocycles. The molecule has 0 spiro atoms. The molecule has 1 aliphatic carbocycles. The van der Waals surface area contributed by atoms with Crippen molar-refractivity contribution in [3.8, 4) is 0 Å². The predicted octanol–water partition coefficient (Wildman–Crippen LogP) is 1.22. The van der Waals surface area contributed by atoms with E-state index in [1.54, 1.807) is 0 Å². The van der Waals surface area contributed by atoms with E-state index in [0.29, 0.717) is 6.04 Å². The fourth-order valence-corrected chi connectivity index (χ4v) is 3.19. The highest BCUT2D eigenvalue weighted by Crippen LogP contribution is 2.31. The maximum absolute atomic E-state index is 5.86. The Labute approximate surface area is 93.0 Å². The van der Waals surface area contributed by atoms with Crippen molar-refractivity contribution in [1.29, 1.82) is 0 Å². The lowest BCUT2D eigenvalue weighted by molar-refractivity contribution is -0.0368. The quantitative estimate of drug-likeness (QED) is 0.764. The van der Waals surface area contributed by atoms with E-state index in [0.717, 1.165) is 38.3 Å². The van der Waals surface area contributed by atoms with E-state index in [2.05, 4.69) is 11.8 Å². The van der Waals surface area contributed by atoms with Crippen LogP contribution in [-0.4, -0.2) is 43.3 Å². The van der Waals surface area contributed by atoms with Crippen molar-refractivity contribution < 1.29 is 4.74 Å². The molecule has 3 nitrogen and oxygen atoms in total. The smallest absolute Gasteiger partial charge is 0.0622 e. The molecule has 3 atom stereocenters. The topological polar surface area (TPSA) is 38.5 Å². The van der Waals surface area contributed by atoms with Crippen molar-refractivity contribution in [3.63, 3.8) is 0 Å². The third-order valence-corrected chi connectivity index (χ3v) is 4.09. The van der Waals surface area contributed by atoms with Gasteiger partial charge in [-0.05, 0) is 31.7 Å². The maximum atomic E-state index is 5.86. The van der Waals surface area contributed by atoms with Gasteiger partial charge in [0.25, 0.3) is 0 Å². The summed E-state index contributed by atoms with van der Waals surface area (Å²) in [5.74, 6) is 0.733. The van der Waals surface area contributed by atoms with Gasteiger partial charge in [0, 0.05) is 18.6 Å². The maximum Gasteiger partial charge on any atom is 0.0622 e. The minimum atomic E-state index is 0.635. The molecule has 0 amide bonds. The average molecular weight is 212 g/mol. The normalized spacial score (nSPS) is 38.4. The molecule has 0 bridgehead atoms. The molecule has 1 heterocycles. The largest absolute Gasteiger partial charge is 0.378 e. The van der Waals surface area contributed by atoms with Gasteiger partial charge in [-0.15, -0.1) is 0 Å². The number of morpholine rings is 1. The van der Waals surface area contributed by atoms with Gasteiger partial charge in [-0.1, -0.05) is 13.3 Å². The summed E-state index contributed by atoms with van der Waals surface area (Å²) in [6.07, 6.45) is 5.24. The van der Waals surface area contributed by atoms with Crippen molar-refractivity contribution >= 4 is 0 Å². The van der Waals surface area contributed by atoms with E-state index in [-0.39, 0.29) is 0 Å². The van der Waals surface area contributed by atoms with Crippen LogP contribution in [0.3, 0.4) is 0 Å². The van der Waals surface area contributed by atoms with Crippen molar-refractivity contribution in [1.82, 2.24) is 4.90 Å². The highest BCUT2D eigenvalue weighted by atomic mass is 16.5. The second kappa shape index (κ2) is 5.28. The Morgan fingerprint density at radius 3 is 3.00 bits per heavy atom. The number of hydrogen-bond donors (Lipinski definition) is 1. The zero-order valence-corrected chi connectivity index (χ0v) is 9.82. The number of hydrogen-bond acceptors (Lipinski definition) is 3. The van der Waals surface area contributed by atoms with Crippen LogP contribution in [0.5, 0.6) is 0 Å². The Bertz CT molecular complexity index is 198. The third-order valence-electron chi connectivity index (χ3n) is 4.09. The molecule has 1 aliphatic heterocycles. The molecule has 2 aliphatic rings. The monoisotopic (exact) mass is 212 g/mol. The van der Waals surface area contributed by atoms with Gasteiger partial charge in [0.2, 0.25) is 0 Å². The summed E-state index contributed by atoms with van der Waals surface area (Å²) >= 11 is 0. The Balaban J connectivity index is 1.99. The van der Waals surface area contributed by atoms with Gasteiger partial charge in [0.05, 0.1) is 13.2 Å². The molecule has 0 aromatic carbocycles. The molecule has 2 fully saturated rings. The van der Waals surface area contributed by atoms with Crippen LogP contribution in [0.25, 0.3) is 0 Å². The fourth-order valence-electron chi connectivity index (χ4n) is 3.19. The van der Waals surface area contributed by atoms with Gasteiger partial charge in [0.1, 0.15) is 0 Å². The summed E-state index contributed by atoms with van der Waals surface area (Å²) < 4.78 is 5.56. The summed E-state index contributed by atoms with van der Waals surface area (Å²) in [7, 11) is 0. The van der Waals surface area contributed by atoms with Crippen molar-refractivity contribution in [2.24, 2.45) is 11.7 Å². The Kier molecular flexibility index (Phi) is 4.00. The first kappa shape index (κ1) is 11.4. The van der Waals surface area contributed by atoms with Crippen LogP contribution in [0.4, 0.5) is 0 Å². The standard InChI is InChI=1S/C12H24N2O/c1-2-11-9-15-7-6-14(11)12-5-3-4-10(12)8-13/h10-12H,2-9,13H2,1H3. The lowest BCUT2D eigenvalue weighted by atomic mass is 9.99. The van der Waals surface area contributed by atoms with Gasteiger partial charge >= 0.3 is 0 Å². The van der Waals surface area contributed by atoms with Crippen LogP contribution < -0.4 is 5.73 Å². The van der Waals surface area contributed by atoms with Crippen molar-refractivity contribution in [3.05, 3.63) is 0 Å². The summed E-state index contributed by atoms with van der Waals surface area (Å²) in [6.45, 7) is 6.06. The summed E-state index contributed by atoms with van der Waals surface area (Å²) in [5.41, 5.74) is 5.86. The van der Waals surface area contributed by atoms with Crippen LogP contribution in [0, 0.1) is 5.92 Å². The summed E-state index contributed by atoms with van der Waals surface area (Å²) in [6, 6.07) is 1.37. The second-order valence-electron chi connectivity index (χ2n) is 4.87. The lowest BCUT2D eigenvalue weighted by Crippen LogP contribution is -2.52. The minimum Gasteiger partial charge on any atom is -0.378 e. The summed E-state index contributed by atoms with van der Waals surface area (Å²) in [5, 5.41) is 0. The van der Waals surface area contributed by atoms with E-state index in [1.807, 2.05) is 0 Å². The van der Waals surface area contributed by atoms with Crippen LogP contribution in [0.1, 0.15) is 32.6 Å². The van der Waals surface area contributed by atoms with E-state index >= 15 is 0 Å². The zero-order valence-electron chi connectivity index (χ0n) is 9.82. The van der Waals surface area contributed by atoms with Crippen LogP contribution in [-0.2, 0) is 4.74 Å². The molecule has 3 heteroatoms. The molecular weight excluding hydrogens is 188 g/mol. The Morgan fingerprint density at radius 1 is 1.40 bits per heavy atom. The first-order valence-corrected chi connectivity index (χ1v) is 6.40. The SMILES string of the molecule is CCC1COCCN1C1CCCC1CN. The summed E-state index contributed by atoms with van der Waals surface area (Å²) in [4.78, 5) is 2.67. The second-order valence-corrected chi connectivity index (χ2v) is 4.87. The molecule has 1 saturated heterocycles. The highest BCUT2D eigenvalue weighted by Gasteiger charge is 2.35. The van der Waals surface area contributed by atoms with Gasteiger partial charge in [-0.2, -0.15) is 0 Å². The highest BCUT2D eigenvalue weighted by molar-refractivity contribution is 4.90. The van der Waals surface area contributed by atoms with Crippen molar-refractivity contribution in [2.45, 2.75) is 44.7 Å². The fraction of sp³-hybridized carbons (Fsp3) is 1.00. The molecular formula is C12H24N2O. The molecule has 2 N–H and O–H groups in total. The predicted molar refractivity (Wildman–Crippen MR) is 61.8 cm³/mol. The number of nitrogens with zero attached hydrogens (tertiary/aromatic N) is 1. The molecule has 1 saturated carbocycles. The molecule has 2 rings (SSSR count). The average Bonchev–Trinajstić information content (AvgIpc) is 2.76. The lowest BCUT2D eigenvalue weighted by Gasteiger charge is -2.41. The molecule has 3 unspecified atom stereocenters. The van der Waals surface area contributed by atoms with Crippen LogP contribution in [0.15, 0.2) is 0 Å². The van der Waals surface area contributed by atoms with Gasteiger partial charge in [0.15, 0.2) is 0 Å². The minimum absolute atomic E-state index is 0.635. The van der Waals surface area contributed by atoms with E-state index in [4.69, 9.17) is 10.5 Å². The first-order valence-electron chi connectivity index (χ1n) is 6.40. The van der Waals surface area contributed by atoms with E-state index in [1.165, 1.54) is 25.7 Å². The number of rotatable bonds is 3. The van der Waals surface area contributed by atoms with E-state index < -0.39 is 0 Å². The van der Waals surface area contributed by atoms with Gasteiger partial charge < -0.3 is 10.5 Å². The van der Waals surface area contributed by atoms with E-state index in [9.17, 15) is 0 Å². The molecule has 0 radical (unpaired) electrons. The van der Waals surface area contributed by atoms with Gasteiger partial charge in [-0.3, -0.25) is 4.90 Å². The molecule has 15 heavy (non-hydrogen) atoms. The zero-order chi connectivity index (χ0) is 10.7. The molecule has 88 valence electrons. The van der Waals surface area contributed by atoms with Crippen molar-refractivity contribution in [2.75, 3.05) is 26.3 Å².